The van der Waals surface area contributed by atoms with Crippen molar-refractivity contribution in [1.82, 2.24) is 0 Å². The van der Waals surface area contributed by atoms with Crippen molar-refractivity contribution in [2.24, 2.45) is 0 Å². The monoisotopic (exact) mass is 236 g/mol. The molecule has 1 spiro atoms. The molecule has 0 saturated carbocycles. The molecule has 17 heavy (non-hydrogen) atoms. The maximum Gasteiger partial charge on any atom is 0.196 e. The van der Waals surface area contributed by atoms with Crippen molar-refractivity contribution in [3.8, 4) is 0 Å². The summed E-state index contributed by atoms with van der Waals surface area (Å²) in [4.78, 5) is 0. The number of allylic oxidation sites excluding steroid dienone is 2. The second kappa shape index (κ2) is 3.67. The average molecular weight is 236 g/mol. The van der Waals surface area contributed by atoms with Gasteiger partial charge in [0, 0.05) is 12.0 Å². The molecule has 2 heterocycles. The van der Waals surface area contributed by atoms with E-state index in [0.717, 1.165) is 12.8 Å². The van der Waals surface area contributed by atoms with Crippen LogP contribution in [0.15, 0.2) is 23.3 Å². The van der Waals surface area contributed by atoms with E-state index in [4.69, 9.17) is 14.2 Å². The smallest absolute Gasteiger partial charge is 0.196 e. The summed E-state index contributed by atoms with van der Waals surface area (Å²) in [5, 5.41) is 0. The van der Waals surface area contributed by atoms with Gasteiger partial charge in [-0.1, -0.05) is 17.7 Å². The van der Waals surface area contributed by atoms with Gasteiger partial charge in [0.05, 0.1) is 24.9 Å². The highest BCUT2D eigenvalue weighted by molar-refractivity contribution is 5.34. The molecular weight excluding hydrogens is 216 g/mol. The van der Waals surface area contributed by atoms with Crippen LogP contribution in [-0.2, 0) is 14.2 Å². The second-order valence-electron chi connectivity index (χ2n) is 5.83. The van der Waals surface area contributed by atoms with Gasteiger partial charge in [0.1, 0.15) is 0 Å². The summed E-state index contributed by atoms with van der Waals surface area (Å²) in [5.74, 6) is -0.524. The second-order valence-corrected chi connectivity index (χ2v) is 5.83. The molecule has 0 aromatic carbocycles. The summed E-state index contributed by atoms with van der Waals surface area (Å²) in [5.41, 5.74) is 2.33. The lowest BCUT2D eigenvalue weighted by atomic mass is 9.81. The van der Waals surface area contributed by atoms with Gasteiger partial charge in [-0.2, -0.15) is 0 Å². The van der Waals surface area contributed by atoms with Crippen molar-refractivity contribution in [3.63, 3.8) is 0 Å². The number of fused-ring (bicyclic) bond motifs is 2. The molecule has 3 aliphatic rings. The predicted molar refractivity (Wildman–Crippen MR) is 64.7 cm³/mol. The highest BCUT2D eigenvalue weighted by Gasteiger charge is 2.52. The predicted octanol–water partition coefficient (Wildman–Crippen LogP) is 2.57. The van der Waals surface area contributed by atoms with Crippen LogP contribution < -0.4 is 0 Å². The molecule has 0 N–H and O–H groups in total. The lowest BCUT2D eigenvalue weighted by Crippen LogP contribution is -2.53. The Balaban J connectivity index is 2.00. The Hall–Kier alpha value is -0.640. The van der Waals surface area contributed by atoms with Gasteiger partial charge in [-0.25, -0.2) is 0 Å². The van der Waals surface area contributed by atoms with E-state index in [1.54, 1.807) is 0 Å². The Morgan fingerprint density at radius 1 is 1.18 bits per heavy atom. The van der Waals surface area contributed by atoms with Gasteiger partial charge in [0.25, 0.3) is 0 Å². The van der Waals surface area contributed by atoms with Crippen LogP contribution in [0.4, 0.5) is 0 Å². The molecule has 2 fully saturated rings. The number of hydrogen-bond donors (Lipinski definition) is 0. The van der Waals surface area contributed by atoms with Crippen molar-refractivity contribution in [3.05, 3.63) is 23.3 Å². The zero-order chi connectivity index (χ0) is 12.1. The van der Waals surface area contributed by atoms with Gasteiger partial charge in [-0.05, 0) is 27.2 Å². The van der Waals surface area contributed by atoms with E-state index in [2.05, 4.69) is 32.9 Å². The van der Waals surface area contributed by atoms with Crippen molar-refractivity contribution in [1.29, 1.82) is 0 Å². The quantitative estimate of drug-likeness (QED) is 0.647. The molecule has 2 aliphatic heterocycles. The summed E-state index contributed by atoms with van der Waals surface area (Å²) in [7, 11) is 0. The van der Waals surface area contributed by atoms with E-state index in [1.807, 2.05) is 0 Å². The van der Waals surface area contributed by atoms with E-state index < -0.39 is 5.79 Å². The minimum absolute atomic E-state index is 0.113. The molecule has 2 saturated heterocycles. The third-order valence-corrected chi connectivity index (χ3v) is 3.71. The molecular formula is C14H20O3. The highest BCUT2D eigenvalue weighted by Crippen LogP contribution is 2.47. The normalized spacial score (nSPS) is 34.2. The summed E-state index contributed by atoms with van der Waals surface area (Å²) in [6.45, 7) is 7.74. The summed E-state index contributed by atoms with van der Waals surface area (Å²) in [6.07, 6.45) is 6.12. The fourth-order valence-electron chi connectivity index (χ4n) is 3.10. The summed E-state index contributed by atoms with van der Waals surface area (Å²) < 4.78 is 18.0. The van der Waals surface area contributed by atoms with E-state index in [0.29, 0.717) is 13.2 Å². The summed E-state index contributed by atoms with van der Waals surface area (Å²) in [6, 6.07) is 0. The average Bonchev–Trinajstić information content (AvgIpc) is 2.64. The molecule has 3 nitrogen and oxygen atoms in total. The van der Waals surface area contributed by atoms with E-state index >= 15 is 0 Å². The van der Waals surface area contributed by atoms with Gasteiger partial charge >= 0.3 is 0 Å². The minimum Gasteiger partial charge on any atom is -0.367 e. The number of hydrogen-bond acceptors (Lipinski definition) is 3. The SMILES string of the molecule is CC1=CC=C2C(C1)OC(C)(C)CC21OCCO1. The zero-order valence-corrected chi connectivity index (χ0v) is 10.8. The molecule has 94 valence electrons. The van der Waals surface area contributed by atoms with Crippen LogP contribution in [0.25, 0.3) is 0 Å². The molecule has 0 radical (unpaired) electrons. The Morgan fingerprint density at radius 3 is 2.59 bits per heavy atom. The van der Waals surface area contributed by atoms with Gasteiger partial charge in [0.15, 0.2) is 5.79 Å². The number of rotatable bonds is 0. The van der Waals surface area contributed by atoms with Crippen LogP contribution in [-0.4, -0.2) is 30.7 Å². The van der Waals surface area contributed by atoms with Gasteiger partial charge < -0.3 is 14.2 Å². The van der Waals surface area contributed by atoms with Crippen LogP contribution in [0.1, 0.15) is 33.6 Å². The first kappa shape index (κ1) is 11.5. The largest absolute Gasteiger partial charge is 0.367 e. The van der Waals surface area contributed by atoms with Crippen LogP contribution in [0, 0.1) is 0 Å². The van der Waals surface area contributed by atoms with Gasteiger partial charge in [0.2, 0.25) is 0 Å². The Morgan fingerprint density at radius 2 is 1.88 bits per heavy atom. The topological polar surface area (TPSA) is 27.7 Å². The van der Waals surface area contributed by atoms with Gasteiger partial charge in [-0.15, -0.1) is 0 Å². The fourth-order valence-corrected chi connectivity index (χ4v) is 3.10. The van der Waals surface area contributed by atoms with Crippen molar-refractivity contribution in [2.45, 2.75) is 51.1 Å². The maximum atomic E-state index is 6.17. The zero-order valence-electron chi connectivity index (χ0n) is 10.8. The first-order valence-electron chi connectivity index (χ1n) is 6.34. The number of ether oxygens (including phenoxy) is 3. The molecule has 3 heteroatoms. The molecule has 1 atom stereocenters. The first-order chi connectivity index (χ1) is 8.01. The molecule has 1 unspecified atom stereocenters. The molecule has 1 aliphatic carbocycles. The Kier molecular flexibility index (Phi) is 2.47. The Labute approximate surface area is 102 Å². The highest BCUT2D eigenvalue weighted by atomic mass is 16.7. The Bertz CT molecular complexity index is 386. The van der Waals surface area contributed by atoms with Crippen molar-refractivity contribution < 1.29 is 14.2 Å². The van der Waals surface area contributed by atoms with Crippen LogP contribution in [0.5, 0.6) is 0 Å². The molecule has 0 aromatic heterocycles. The lowest BCUT2D eigenvalue weighted by molar-refractivity contribution is -0.223. The van der Waals surface area contributed by atoms with Crippen molar-refractivity contribution in [2.75, 3.05) is 13.2 Å². The van der Waals surface area contributed by atoms with Crippen LogP contribution in [0.3, 0.4) is 0 Å². The lowest BCUT2D eigenvalue weighted by Gasteiger charge is -2.47. The fraction of sp³-hybridized carbons (Fsp3) is 0.714. The summed E-state index contributed by atoms with van der Waals surface area (Å²) >= 11 is 0. The standard InChI is InChI=1S/C14H20O3/c1-10-4-5-11-12(8-10)17-13(2,3)9-14(11)15-6-7-16-14/h4-5,12H,6-9H2,1-3H3. The molecule has 0 amide bonds. The molecule has 0 aromatic rings. The maximum absolute atomic E-state index is 6.17. The van der Waals surface area contributed by atoms with Crippen molar-refractivity contribution >= 4 is 0 Å². The van der Waals surface area contributed by atoms with Crippen LogP contribution in [0.2, 0.25) is 0 Å². The third kappa shape index (κ3) is 1.86. The minimum atomic E-state index is -0.524. The van der Waals surface area contributed by atoms with Gasteiger partial charge in [-0.3, -0.25) is 0 Å². The van der Waals surface area contributed by atoms with Crippen LogP contribution >= 0.6 is 0 Å². The molecule has 0 bridgehead atoms. The van der Waals surface area contributed by atoms with E-state index in [-0.39, 0.29) is 11.7 Å². The van der Waals surface area contributed by atoms with E-state index in [1.165, 1.54) is 11.1 Å². The van der Waals surface area contributed by atoms with E-state index in [9.17, 15) is 0 Å². The third-order valence-electron chi connectivity index (χ3n) is 3.71. The molecule has 3 rings (SSSR count). The first-order valence-corrected chi connectivity index (χ1v) is 6.34.